The van der Waals surface area contributed by atoms with E-state index >= 15 is 0 Å². The minimum atomic E-state index is -3.32. The van der Waals surface area contributed by atoms with Crippen molar-refractivity contribution < 1.29 is 22.7 Å². The molecule has 1 aromatic rings. The molecule has 0 bridgehead atoms. The van der Waals surface area contributed by atoms with Crippen LogP contribution in [-0.4, -0.2) is 39.6 Å². The summed E-state index contributed by atoms with van der Waals surface area (Å²) in [7, 11) is -2.10. The summed E-state index contributed by atoms with van der Waals surface area (Å²) < 4.78 is 33.1. The zero-order valence-corrected chi connectivity index (χ0v) is 12.2. The van der Waals surface area contributed by atoms with Crippen LogP contribution in [0, 0.1) is 0 Å². The van der Waals surface area contributed by atoms with Crippen molar-refractivity contribution in [3.8, 4) is 5.75 Å². The van der Waals surface area contributed by atoms with E-state index in [-0.39, 0.29) is 24.5 Å². The number of benzene rings is 1. The lowest BCUT2D eigenvalue weighted by Crippen LogP contribution is -2.19. The summed E-state index contributed by atoms with van der Waals surface area (Å²) >= 11 is 0. The van der Waals surface area contributed by atoms with Crippen molar-refractivity contribution >= 4 is 15.8 Å². The average molecular weight is 301 g/mol. The highest BCUT2D eigenvalue weighted by Crippen LogP contribution is 2.12. The molecule has 0 saturated heterocycles. The molecule has 20 heavy (non-hydrogen) atoms. The normalized spacial score (nSPS) is 11.1. The Bertz CT molecular complexity index is 541. The van der Waals surface area contributed by atoms with Crippen LogP contribution in [0.2, 0.25) is 0 Å². The van der Waals surface area contributed by atoms with Gasteiger partial charge in [0.1, 0.15) is 12.4 Å². The number of hydrogen-bond donors (Lipinski definition) is 1. The Morgan fingerprint density at radius 2 is 2.05 bits per heavy atom. The zero-order chi connectivity index (χ0) is 15.0. The smallest absolute Gasteiger partial charge is 0.306 e. The monoisotopic (exact) mass is 301 g/mol. The second-order valence-corrected chi connectivity index (χ2v) is 6.48. The van der Waals surface area contributed by atoms with Crippen LogP contribution in [0.1, 0.15) is 12.0 Å². The molecule has 0 radical (unpaired) electrons. The van der Waals surface area contributed by atoms with Gasteiger partial charge in [-0.3, -0.25) is 4.79 Å². The van der Waals surface area contributed by atoms with E-state index in [1.54, 1.807) is 18.2 Å². The SMILES string of the molecule is COC(=O)CCS(=O)(=O)CCOc1cccc(CN)c1. The van der Waals surface area contributed by atoms with Gasteiger partial charge in [-0.25, -0.2) is 8.42 Å². The van der Waals surface area contributed by atoms with E-state index in [0.717, 1.165) is 5.56 Å². The lowest BCUT2D eigenvalue weighted by atomic mass is 10.2. The standard InChI is InChI=1S/C13H19NO5S/c1-18-13(15)5-7-20(16,17)8-6-19-12-4-2-3-11(9-12)10-14/h2-4,9H,5-8,10,14H2,1H3. The van der Waals surface area contributed by atoms with Crippen LogP contribution in [-0.2, 0) is 25.9 Å². The molecule has 2 N–H and O–H groups in total. The van der Waals surface area contributed by atoms with Gasteiger partial charge < -0.3 is 15.2 Å². The lowest BCUT2D eigenvalue weighted by molar-refractivity contribution is -0.140. The summed E-state index contributed by atoms with van der Waals surface area (Å²) in [4.78, 5) is 10.9. The molecule has 1 rings (SSSR count). The lowest BCUT2D eigenvalue weighted by Gasteiger charge is -2.08. The van der Waals surface area contributed by atoms with Crippen LogP contribution in [0.4, 0.5) is 0 Å². The van der Waals surface area contributed by atoms with Gasteiger partial charge in [-0.05, 0) is 17.7 Å². The number of sulfone groups is 1. The van der Waals surface area contributed by atoms with E-state index in [1.807, 2.05) is 6.07 Å². The highest BCUT2D eigenvalue weighted by atomic mass is 32.2. The summed E-state index contributed by atoms with van der Waals surface area (Å²) in [5.41, 5.74) is 6.42. The Balaban J connectivity index is 2.40. The number of carbonyl (C=O) groups is 1. The zero-order valence-electron chi connectivity index (χ0n) is 11.4. The van der Waals surface area contributed by atoms with Crippen LogP contribution in [0.3, 0.4) is 0 Å². The molecule has 0 aromatic heterocycles. The van der Waals surface area contributed by atoms with E-state index in [1.165, 1.54) is 7.11 Å². The molecule has 0 saturated carbocycles. The molecule has 0 fully saturated rings. The third-order valence-corrected chi connectivity index (χ3v) is 4.26. The minimum Gasteiger partial charge on any atom is -0.493 e. The average Bonchev–Trinajstić information content (AvgIpc) is 2.45. The van der Waals surface area contributed by atoms with Crippen molar-refractivity contribution in [1.29, 1.82) is 0 Å². The van der Waals surface area contributed by atoms with Crippen LogP contribution in [0.5, 0.6) is 5.75 Å². The summed E-state index contributed by atoms with van der Waals surface area (Å²) in [6, 6.07) is 7.16. The number of esters is 1. The third-order valence-electron chi connectivity index (χ3n) is 2.64. The minimum absolute atomic E-state index is 0.0392. The van der Waals surface area contributed by atoms with Gasteiger partial charge in [0.2, 0.25) is 0 Å². The summed E-state index contributed by atoms with van der Waals surface area (Å²) in [5, 5.41) is 0. The molecule has 0 atom stereocenters. The van der Waals surface area contributed by atoms with Crippen LogP contribution < -0.4 is 10.5 Å². The molecule has 0 aliphatic heterocycles. The third kappa shape index (κ3) is 6.03. The Morgan fingerprint density at radius 1 is 1.30 bits per heavy atom. The summed E-state index contributed by atoms with van der Waals surface area (Å²) in [6.45, 7) is 0.437. The molecule has 1 aromatic carbocycles. The number of methoxy groups -OCH3 is 1. The number of nitrogens with two attached hydrogens (primary N) is 1. The van der Waals surface area contributed by atoms with Gasteiger partial charge >= 0.3 is 5.97 Å². The van der Waals surface area contributed by atoms with Gasteiger partial charge in [0.25, 0.3) is 0 Å². The Kier molecular flexibility index (Phi) is 6.47. The molecule has 0 unspecified atom stereocenters. The first-order chi connectivity index (χ1) is 9.46. The van der Waals surface area contributed by atoms with Crippen LogP contribution >= 0.6 is 0 Å². The maximum absolute atomic E-state index is 11.7. The van der Waals surface area contributed by atoms with Gasteiger partial charge in [0.15, 0.2) is 9.84 Å². The van der Waals surface area contributed by atoms with Crippen LogP contribution in [0.15, 0.2) is 24.3 Å². The molecule has 0 heterocycles. The van der Waals surface area contributed by atoms with E-state index in [4.69, 9.17) is 10.5 Å². The van der Waals surface area contributed by atoms with Crippen molar-refractivity contribution in [2.24, 2.45) is 5.73 Å². The molecule has 0 aliphatic rings. The molecule has 6 nitrogen and oxygen atoms in total. The van der Waals surface area contributed by atoms with E-state index in [0.29, 0.717) is 12.3 Å². The van der Waals surface area contributed by atoms with Gasteiger partial charge in [0.05, 0.1) is 25.0 Å². The second kappa shape index (κ2) is 7.86. The number of hydrogen-bond acceptors (Lipinski definition) is 6. The molecule has 112 valence electrons. The Hall–Kier alpha value is -1.60. The Morgan fingerprint density at radius 3 is 2.70 bits per heavy atom. The fraction of sp³-hybridized carbons (Fsp3) is 0.462. The van der Waals surface area contributed by atoms with Gasteiger partial charge in [0, 0.05) is 6.54 Å². The van der Waals surface area contributed by atoms with E-state index in [2.05, 4.69) is 4.74 Å². The molecule has 0 aliphatic carbocycles. The van der Waals surface area contributed by atoms with Gasteiger partial charge in [-0.15, -0.1) is 0 Å². The first kappa shape index (κ1) is 16.5. The molecule has 7 heteroatoms. The van der Waals surface area contributed by atoms with Gasteiger partial charge in [-0.2, -0.15) is 0 Å². The number of carbonyl (C=O) groups excluding carboxylic acids is 1. The highest BCUT2D eigenvalue weighted by Gasteiger charge is 2.14. The first-order valence-electron chi connectivity index (χ1n) is 6.16. The van der Waals surface area contributed by atoms with E-state index < -0.39 is 15.8 Å². The highest BCUT2D eigenvalue weighted by molar-refractivity contribution is 7.91. The molecule has 0 amide bonds. The maximum Gasteiger partial charge on any atom is 0.306 e. The quantitative estimate of drug-likeness (QED) is 0.703. The predicted molar refractivity (Wildman–Crippen MR) is 75.1 cm³/mol. The van der Waals surface area contributed by atoms with Crippen molar-refractivity contribution in [2.75, 3.05) is 25.2 Å². The van der Waals surface area contributed by atoms with Crippen molar-refractivity contribution in [1.82, 2.24) is 0 Å². The molecule has 0 spiro atoms. The topological polar surface area (TPSA) is 95.7 Å². The maximum atomic E-state index is 11.7. The van der Waals surface area contributed by atoms with Crippen molar-refractivity contribution in [2.45, 2.75) is 13.0 Å². The number of ether oxygens (including phenoxy) is 2. The molecular weight excluding hydrogens is 282 g/mol. The Labute approximate surface area is 118 Å². The fourth-order valence-electron chi connectivity index (χ4n) is 1.49. The second-order valence-electron chi connectivity index (χ2n) is 4.18. The number of rotatable bonds is 8. The van der Waals surface area contributed by atoms with E-state index in [9.17, 15) is 13.2 Å². The molecular formula is C13H19NO5S. The van der Waals surface area contributed by atoms with Crippen molar-refractivity contribution in [3.05, 3.63) is 29.8 Å². The summed E-state index contributed by atoms with van der Waals surface area (Å²) in [6.07, 6.45) is -0.137. The van der Waals surface area contributed by atoms with Crippen LogP contribution in [0.25, 0.3) is 0 Å². The van der Waals surface area contributed by atoms with Gasteiger partial charge in [-0.1, -0.05) is 12.1 Å². The van der Waals surface area contributed by atoms with Crippen molar-refractivity contribution in [3.63, 3.8) is 0 Å². The summed E-state index contributed by atoms with van der Waals surface area (Å²) in [5.74, 6) is -0.329. The first-order valence-corrected chi connectivity index (χ1v) is 7.98. The predicted octanol–water partition coefficient (Wildman–Crippen LogP) is 0.502. The largest absolute Gasteiger partial charge is 0.493 e. The fourth-order valence-corrected chi connectivity index (χ4v) is 2.51.